The molecular formula is C20H18Cl2N2O2. The lowest BCUT2D eigenvalue weighted by molar-refractivity contribution is -0.121. The Morgan fingerprint density at radius 3 is 2.65 bits per heavy atom. The van der Waals surface area contributed by atoms with Crippen LogP contribution in [0, 0.1) is 0 Å². The van der Waals surface area contributed by atoms with Crippen molar-refractivity contribution >= 4 is 29.1 Å². The van der Waals surface area contributed by atoms with Gasteiger partial charge in [0.25, 0.3) is 0 Å². The Morgan fingerprint density at radius 2 is 1.88 bits per heavy atom. The fraction of sp³-hybridized carbons (Fsp3) is 0.200. The smallest absolute Gasteiger partial charge is 0.220 e. The second kappa shape index (κ2) is 8.88. The van der Waals surface area contributed by atoms with E-state index in [0.29, 0.717) is 47.5 Å². The predicted octanol–water partition coefficient (Wildman–Crippen LogP) is 4.94. The number of carbonyl (C=O) groups excluding carboxylic acids is 1. The van der Waals surface area contributed by atoms with Crippen LogP contribution < -0.4 is 5.32 Å². The molecular weight excluding hydrogens is 371 g/mol. The van der Waals surface area contributed by atoms with E-state index in [1.54, 1.807) is 18.3 Å². The van der Waals surface area contributed by atoms with E-state index >= 15 is 0 Å². The van der Waals surface area contributed by atoms with E-state index < -0.39 is 0 Å². The van der Waals surface area contributed by atoms with Crippen molar-refractivity contribution in [3.05, 3.63) is 76.2 Å². The minimum atomic E-state index is -0.0467. The molecule has 0 saturated heterocycles. The molecule has 0 radical (unpaired) electrons. The van der Waals surface area contributed by atoms with Crippen LogP contribution in [0.4, 0.5) is 0 Å². The fourth-order valence-electron chi connectivity index (χ4n) is 2.53. The molecule has 0 fully saturated rings. The highest BCUT2D eigenvalue weighted by molar-refractivity contribution is 6.35. The summed E-state index contributed by atoms with van der Waals surface area (Å²) in [7, 11) is 0. The molecule has 0 atom stereocenters. The minimum absolute atomic E-state index is 0.0467. The molecule has 0 saturated carbocycles. The maximum absolute atomic E-state index is 12.0. The van der Waals surface area contributed by atoms with Crippen LogP contribution >= 0.6 is 23.2 Å². The SMILES string of the molecule is O=C(CCc1ncc(-c2ccccc2)o1)NCCc1ccc(Cl)cc1Cl. The van der Waals surface area contributed by atoms with E-state index in [9.17, 15) is 4.79 Å². The summed E-state index contributed by atoms with van der Waals surface area (Å²) in [6.45, 7) is 0.515. The van der Waals surface area contributed by atoms with Crippen LogP contribution in [0.15, 0.2) is 59.1 Å². The summed E-state index contributed by atoms with van der Waals surface area (Å²) in [6.07, 6.45) is 3.12. The Labute approximate surface area is 162 Å². The number of hydrogen-bond acceptors (Lipinski definition) is 3. The average Bonchev–Trinajstić information content (AvgIpc) is 3.12. The lowest BCUT2D eigenvalue weighted by Gasteiger charge is -2.06. The predicted molar refractivity (Wildman–Crippen MR) is 103 cm³/mol. The molecule has 0 unspecified atom stereocenters. The zero-order chi connectivity index (χ0) is 18.4. The number of amides is 1. The third kappa shape index (κ3) is 5.10. The molecule has 1 amide bonds. The van der Waals surface area contributed by atoms with Gasteiger partial charge >= 0.3 is 0 Å². The second-order valence-electron chi connectivity index (χ2n) is 5.82. The Hall–Kier alpha value is -2.30. The van der Waals surface area contributed by atoms with Crippen LogP contribution in [-0.4, -0.2) is 17.4 Å². The lowest BCUT2D eigenvalue weighted by atomic mass is 10.1. The van der Waals surface area contributed by atoms with E-state index in [2.05, 4.69) is 10.3 Å². The average molecular weight is 389 g/mol. The van der Waals surface area contributed by atoms with Crippen molar-refractivity contribution in [1.82, 2.24) is 10.3 Å². The maximum atomic E-state index is 12.0. The number of aryl methyl sites for hydroxylation is 1. The summed E-state index contributed by atoms with van der Waals surface area (Å²) in [5, 5.41) is 4.09. The van der Waals surface area contributed by atoms with E-state index in [0.717, 1.165) is 11.1 Å². The van der Waals surface area contributed by atoms with Crippen LogP contribution in [0.25, 0.3) is 11.3 Å². The van der Waals surface area contributed by atoms with E-state index in [-0.39, 0.29) is 5.91 Å². The van der Waals surface area contributed by atoms with Crippen molar-refractivity contribution in [1.29, 1.82) is 0 Å². The van der Waals surface area contributed by atoms with Crippen molar-refractivity contribution in [2.45, 2.75) is 19.3 Å². The zero-order valence-corrected chi connectivity index (χ0v) is 15.6. The van der Waals surface area contributed by atoms with Crippen molar-refractivity contribution in [2.75, 3.05) is 6.54 Å². The summed E-state index contributed by atoms with van der Waals surface area (Å²) in [6, 6.07) is 15.1. The van der Waals surface area contributed by atoms with Crippen LogP contribution in [0.2, 0.25) is 10.0 Å². The molecule has 1 heterocycles. The largest absolute Gasteiger partial charge is 0.441 e. The second-order valence-corrected chi connectivity index (χ2v) is 6.66. The first kappa shape index (κ1) is 18.5. The quantitative estimate of drug-likeness (QED) is 0.623. The van der Waals surface area contributed by atoms with Crippen LogP contribution in [0.5, 0.6) is 0 Å². The van der Waals surface area contributed by atoms with Crippen LogP contribution in [0.3, 0.4) is 0 Å². The minimum Gasteiger partial charge on any atom is -0.441 e. The number of carbonyl (C=O) groups is 1. The Morgan fingerprint density at radius 1 is 1.08 bits per heavy atom. The highest BCUT2D eigenvalue weighted by atomic mass is 35.5. The summed E-state index contributed by atoms with van der Waals surface area (Å²) >= 11 is 12.0. The molecule has 0 aliphatic rings. The van der Waals surface area contributed by atoms with Gasteiger partial charge in [-0.1, -0.05) is 59.6 Å². The third-order valence-corrected chi connectivity index (χ3v) is 4.50. The molecule has 0 aliphatic heterocycles. The van der Waals surface area contributed by atoms with Crippen molar-refractivity contribution in [3.8, 4) is 11.3 Å². The summed E-state index contributed by atoms with van der Waals surface area (Å²) in [4.78, 5) is 16.2. The van der Waals surface area contributed by atoms with Gasteiger partial charge in [-0.25, -0.2) is 4.98 Å². The summed E-state index contributed by atoms with van der Waals surface area (Å²) in [5.74, 6) is 1.22. The van der Waals surface area contributed by atoms with Gasteiger partial charge in [0.15, 0.2) is 11.7 Å². The molecule has 3 rings (SSSR count). The van der Waals surface area contributed by atoms with Gasteiger partial charge in [0.2, 0.25) is 5.91 Å². The topological polar surface area (TPSA) is 55.1 Å². The molecule has 3 aromatic rings. The monoisotopic (exact) mass is 388 g/mol. The third-order valence-electron chi connectivity index (χ3n) is 3.91. The normalized spacial score (nSPS) is 10.7. The molecule has 1 aromatic heterocycles. The van der Waals surface area contributed by atoms with Gasteiger partial charge in [0.1, 0.15) is 0 Å². The highest BCUT2D eigenvalue weighted by Gasteiger charge is 2.09. The first-order valence-electron chi connectivity index (χ1n) is 8.32. The van der Waals surface area contributed by atoms with Gasteiger partial charge in [-0.3, -0.25) is 4.79 Å². The van der Waals surface area contributed by atoms with Gasteiger partial charge in [0.05, 0.1) is 6.20 Å². The number of hydrogen-bond donors (Lipinski definition) is 1. The number of benzene rings is 2. The molecule has 6 heteroatoms. The number of rotatable bonds is 7. The van der Waals surface area contributed by atoms with Crippen molar-refractivity contribution in [2.24, 2.45) is 0 Å². The molecule has 1 N–H and O–H groups in total. The molecule has 134 valence electrons. The van der Waals surface area contributed by atoms with Crippen molar-refractivity contribution < 1.29 is 9.21 Å². The Balaban J connectivity index is 1.44. The number of halogens is 2. The first-order chi connectivity index (χ1) is 12.6. The Bertz CT molecular complexity index is 879. The van der Waals surface area contributed by atoms with E-state index in [1.165, 1.54) is 0 Å². The molecule has 2 aromatic carbocycles. The summed E-state index contributed by atoms with van der Waals surface area (Å²) < 4.78 is 5.70. The number of nitrogens with one attached hydrogen (secondary N) is 1. The zero-order valence-electron chi connectivity index (χ0n) is 14.0. The van der Waals surface area contributed by atoms with Gasteiger partial charge in [-0.05, 0) is 24.1 Å². The molecule has 26 heavy (non-hydrogen) atoms. The summed E-state index contributed by atoms with van der Waals surface area (Å²) in [5.41, 5.74) is 1.92. The van der Waals surface area contributed by atoms with E-state index in [1.807, 2.05) is 36.4 Å². The van der Waals surface area contributed by atoms with Gasteiger partial charge in [-0.15, -0.1) is 0 Å². The number of nitrogens with zero attached hydrogens (tertiary/aromatic N) is 1. The standard InChI is InChI=1S/C20H18Cl2N2O2/c21-16-7-6-14(17(22)12-16)10-11-23-19(25)8-9-20-24-13-18(26-20)15-4-2-1-3-5-15/h1-7,12-13H,8-11H2,(H,23,25). The molecule has 0 bridgehead atoms. The van der Waals surface area contributed by atoms with Gasteiger partial charge in [-0.2, -0.15) is 0 Å². The van der Waals surface area contributed by atoms with E-state index in [4.69, 9.17) is 27.6 Å². The highest BCUT2D eigenvalue weighted by Crippen LogP contribution is 2.21. The first-order valence-corrected chi connectivity index (χ1v) is 9.08. The van der Waals surface area contributed by atoms with Gasteiger partial charge < -0.3 is 9.73 Å². The molecule has 0 aliphatic carbocycles. The van der Waals surface area contributed by atoms with Crippen molar-refractivity contribution in [3.63, 3.8) is 0 Å². The van der Waals surface area contributed by atoms with Crippen LogP contribution in [-0.2, 0) is 17.6 Å². The van der Waals surface area contributed by atoms with Crippen LogP contribution in [0.1, 0.15) is 17.9 Å². The lowest BCUT2D eigenvalue weighted by Crippen LogP contribution is -2.25. The van der Waals surface area contributed by atoms with Gasteiger partial charge in [0, 0.05) is 35.0 Å². The molecule has 4 nitrogen and oxygen atoms in total. The maximum Gasteiger partial charge on any atom is 0.220 e. The molecule has 0 spiro atoms. The number of aromatic nitrogens is 1. The number of oxazole rings is 1. The fourth-order valence-corrected chi connectivity index (χ4v) is 3.03. The Kier molecular flexibility index (Phi) is 6.31.